The highest BCUT2D eigenvalue weighted by Crippen LogP contribution is 2.39. The number of nitrogens with zero attached hydrogens (tertiary/aromatic N) is 2. The lowest BCUT2D eigenvalue weighted by molar-refractivity contribution is -0.119. The Labute approximate surface area is 230 Å². The summed E-state index contributed by atoms with van der Waals surface area (Å²) in [6.07, 6.45) is 1.74. The summed E-state index contributed by atoms with van der Waals surface area (Å²) in [5.74, 6) is -0.700. The number of hydrogen-bond acceptors (Lipinski definition) is 8. The van der Waals surface area contributed by atoms with Crippen LogP contribution in [-0.4, -0.2) is 57.9 Å². The number of carbonyl (C=O) groups is 2. The Morgan fingerprint density at radius 2 is 1.73 bits per heavy atom. The van der Waals surface area contributed by atoms with Crippen LogP contribution in [0.4, 0.5) is 0 Å². The third-order valence-electron chi connectivity index (χ3n) is 6.74. The zero-order chi connectivity index (χ0) is 28.6. The maximum Gasteiger partial charge on any atom is 0.277 e. The number of benzene rings is 3. The Kier molecular flexibility index (Phi) is 7.13. The van der Waals surface area contributed by atoms with Gasteiger partial charge in [-0.25, -0.2) is 18.2 Å². The molecule has 0 radical (unpaired) electrons. The SMILES string of the molecule is COc1ccc(S(=O)(=O)NC(=O)C(c2ccc3c(c2)OCO3)c2cn(C)c3cc(C(=O)N(C)OC)ccc23)cc1. The Balaban J connectivity index is 1.59. The van der Waals surface area contributed by atoms with Gasteiger partial charge >= 0.3 is 0 Å². The molecule has 0 spiro atoms. The number of rotatable bonds is 8. The molecule has 0 aliphatic carbocycles. The molecule has 1 atom stereocenters. The molecule has 0 saturated heterocycles. The van der Waals surface area contributed by atoms with Gasteiger partial charge in [0, 0.05) is 36.8 Å². The summed E-state index contributed by atoms with van der Waals surface area (Å²) in [4.78, 5) is 31.4. The van der Waals surface area contributed by atoms with Crippen molar-refractivity contribution in [3.05, 3.63) is 83.6 Å². The Morgan fingerprint density at radius 1 is 1.00 bits per heavy atom. The van der Waals surface area contributed by atoms with E-state index in [4.69, 9.17) is 19.0 Å². The molecule has 2 amide bonds. The van der Waals surface area contributed by atoms with Gasteiger partial charge in [-0.2, -0.15) is 0 Å². The summed E-state index contributed by atoms with van der Waals surface area (Å²) in [6.45, 7) is 0.0441. The molecule has 0 saturated carbocycles. The summed E-state index contributed by atoms with van der Waals surface area (Å²) < 4.78 is 46.5. The van der Waals surface area contributed by atoms with Crippen LogP contribution < -0.4 is 18.9 Å². The predicted octanol–water partition coefficient (Wildman–Crippen LogP) is 3.19. The van der Waals surface area contributed by atoms with Gasteiger partial charge in [-0.15, -0.1) is 0 Å². The van der Waals surface area contributed by atoms with E-state index in [1.54, 1.807) is 54.2 Å². The second kappa shape index (κ2) is 10.5. The highest BCUT2D eigenvalue weighted by molar-refractivity contribution is 7.90. The molecular weight excluding hydrogens is 538 g/mol. The van der Waals surface area contributed by atoms with E-state index in [2.05, 4.69) is 4.72 Å². The summed E-state index contributed by atoms with van der Waals surface area (Å²) in [7, 11) is 1.94. The molecule has 1 aliphatic heterocycles. The van der Waals surface area contributed by atoms with Crippen LogP contribution in [-0.2, 0) is 26.7 Å². The number of aryl methyl sites for hydroxylation is 1. The van der Waals surface area contributed by atoms with Gasteiger partial charge in [0.25, 0.3) is 15.9 Å². The smallest absolute Gasteiger partial charge is 0.277 e. The third-order valence-corrected chi connectivity index (χ3v) is 8.10. The number of ether oxygens (including phenoxy) is 3. The Morgan fingerprint density at radius 3 is 2.42 bits per heavy atom. The lowest BCUT2D eigenvalue weighted by Gasteiger charge is -2.18. The fourth-order valence-electron chi connectivity index (χ4n) is 4.61. The molecular formula is C28H27N3O8S. The fraction of sp³-hybridized carbons (Fsp3) is 0.214. The van der Waals surface area contributed by atoms with Crippen molar-refractivity contribution >= 4 is 32.7 Å². The van der Waals surface area contributed by atoms with Crippen LogP contribution in [0.1, 0.15) is 27.4 Å². The minimum atomic E-state index is -4.22. The highest BCUT2D eigenvalue weighted by atomic mass is 32.2. The monoisotopic (exact) mass is 565 g/mol. The van der Waals surface area contributed by atoms with Crippen LogP contribution in [0.3, 0.4) is 0 Å². The standard InChI is InChI=1S/C28H27N3O8S/c1-30-15-22(21-11-5-18(13-23(21)30)28(33)31(2)37-4)26(17-6-12-24-25(14-17)39-16-38-24)27(32)29-40(34,35)20-9-7-19(36-3)8-10-20/h5-15,26H,16H2,1-4H3,(H,29,32). The second-order valence-corrected chi connectivity index (χ2v) is 10.8. The molecule has 1 aliphatic rings. The summed E-state index contributed by atoms with van der Waals surface area (Å²) in [5, 5.41) is 1.77. The predicted molar refractivity (Wildman–Crippen MR) is 145 cm³/mol. The van der Waals surface area contributed by atoms with Crippen LogP contribution in [0.25, 0.3) is 10.9 Å². The lowest BCUT2D eigenvalue weighted by Crippen LogP contribution is -2.35. The van der Waals surface area contributed by atoms with Crippen molar-refractivity contribution in [1.82, 2.24) is 14.4 Å². The van der Waals surface area contributed by atoms with Crippen LogP contribution in [0.15, 0.2) is 71.8 Å². The molecule has 0 bridgehead atoms. The average Bonchev–Trinajstić information content (AvgIpc) is 3.55. The topological polar surface area (TPSA) is 125 Å². The number of carbonyl (C=O) groups excluding carboxylic acids is 2. The molecule has 3 aromatic carbocycles. The molecule has 1 unspecified atom stereocenters. The number of nitrogens with one attached hydrogen (secondary N) is 1. The molecule has 208 valence electrons. The summed E-state index contributed by atoms with van der Waals surface area (Å²) in [5.41, 5.74) is 2.09. The molecule has 1 N–H and O–H groups in total. The van der Waals surface area contributed by atoms with Gasteiger partial charge in [-0.3, -0.25) is 14.4 Å². The first-order valence-electron chi connectivity index (χ1n) is 12.1. The van der Waals surface area contributed by atoms with E-state index in [1.807, 2.05) is 0 Å². The van der Waals surface area contributed by atoms with E-state index in [-0.39, 0.29) is 17.6 Å². The van der Waals surface area contributed by atoms with E-state index in [1.165, 1.54) is 45.5 Å². The molecule has 12 heteroatoms. The van der Waals surface area contributed by atoms with E-state index in [0.29, 0.717) is 44.8 Å². The van der Waals surface area contributed by atoms with Crippen LogP contribution in [0.2, 0.25) is 0 Å². The molecule has 4 aromatic rings. The average molecular weight is 566 g/mol. The Bertz CT molecular complexity index is 1710. The van der Waals surface area contributed by atoms with Crippen molar-refractivity contribution in [2.24, 2.45) is 7.05 Å². The van der Waals surface area contributed by atoms with Crippen LogP contribution in [0, 0.1) is 0 Å². The Hall–Kier alpha value is -4.55. The maximum absolute atomic E-state index is 13.8. The zero-order valence-electron chi connectivity index (χ0n) is 22.2. The van der Waals surface area contributed by atoms with Gasteiger partial charge in [-0.1, -0.05) is 12.1 Å². The van der Waals surface area contributed by atoms with Crippen molar-refractivity contribution in [2.75, 3.05) is 28.1 Å². The molecule has 11 nitrogen and oxygen atoms in total. The number of amides is 2. The van der Waals surface area contributed by atoms with Gasteiger partial charge in [0.2, 0.25) is 12.7 Å². The van der Waals surface area contributed by atoms with Crippen LogP contribution in [0.5, 0.6) is 17.2 Å². The number of methoxy groups -OCH3 is 1. The third kappa shape index (κ3) is 4.94. The van der Waals surface area contributed by atoms with Gasteiger partial charge < -0.3 is 18.8 Å². The molecule has 5 rings (SSSR count). The maximum atomic E-state index is 13.8. The summed E-state index contributed by atoms with van der Waals surface area (Å²) in [6, 6.07) is 15.8. The first-order valence-corrected chi connectivity index (χ1v) is 13.6. The van der Waals surface area contributed by atoms with Crippen molar-refractivity contribution in [2.45, 2.75) is 10.8 Å². The van der Waals surface area contributed by atoms with E-state index < -0.39 is 21.8 Å². The largest absolute Gasteiger partial charge is 0.497 e. The highest BCUT2D eigenvalue weighted by Gasteiger charge is 2.31. The number of sulfonamides is 1. The van der Waals surface area contributed by atoms with Crippen molar-refractivity contribution in [3.63, 3.8) is 0 Å². The number of hydroxylamine groups is 2. The van der Waals surface area contributed by atoms with Gasteiger partial charge in [-0.05, 0) is 59.7 Å². The first kappa shape index (κ1) is 27.0. The van der Waals surface area contributed by atoms with Crippen molar-refractivity contribution in [1.29, 1.82) is 0 Å². The number of aromatic nitrogens is 1. The van der Waals surface area contributed by atoms with Gasteiger partial charge in [0.15, 0.2) is 11.5 Å². The van der Waals surface area contributed by atoms with Crippen molar-refractivity contribution < 1.29 is 37.1 Å². The molecule has 40 heavy (non-hydrogen) atoms. The number of fused-ring (bicyclic) bond motifs is 2. The van der Waals surface area contributed by atoms with Crippen LogP contribution >= 0.6 is 0 Å². The lowest BCUT2D eigenvalue weighted by atomic mass is 9.90. The summed E-state index contributed by atoms with van der Waals surface area (Å²) >= 11 is 0. The minimum Gasteiger partial charge on any atom is -0.497 e. The van der Waals surface area contributed by atoms with Gasteiger partial charge in [0.1, 0.15) is 5.75 Å². The van der Waals surface area contributed by atoms with E-state index in [9.17, 15) is 18.0 Å². The minimum absolute atomic E-state index is 0.0441. The first-order chi connectivity index (χ1) is 19.1. The molecule has 0 fully saturated rings. The molecule has 2 heterocycles. The fourth-order valence-corrected chi connectivity index (χ4v) is 5.61. The number of hydrogen-bond donors (Lipinski definition) is 1. The zero-order valence-corrected chi connectivity index (χ0v) is 23.0. The van der Waals surface area contributed by atoms with Gasteiger partial charge in [0.05, 0.1) is 25.0 Å². The van der Waals surface area contributed by atoms with E-state index in [0.717, 1.165) is 5.06 Å². The second-order valence-electron chi connectivity index (χ2n) is 9.10. The van der Waals surface area contributed by atoms with Crippen molar-refractivity contribution in [3.8, 4) is 17.2 Å². The quantitative estimate of drug-likeness (QED) is 0.323. The van der Waals surface area contributed by atoms with E-state index >= 15 is 0 Å². The normalized spacial score (nSPS) is 13.2. The molecule has 1 aromatic heterocycles.